The Morgan fingerprint density at radius 3 is 2.20 bits per heavy atom. The van der Waals surface area contributed by atoms with E-state index in [9.17, 15) is 14.4 Å². The van der Waals surface area contributed by atoms with Crippen LogP contribution in [0.3, 0.4) is 0 Å². The van der Waals surface area contributed by atoms with Crippen molar-refractivity contribution in [3.63, 3.8) is 0 Å². The number of esters is 2. The van der Waals surface area contributed by atoms with Crippen molar-refractivity contribution in [3.05, 3.63) is 82.1 Å². The molecule has 0 atom stereocenters. The van der Waals surface area contributed by atoms with Crippen molar-refractivity contribution in [2.24, 2.45) is 0 Å². The molecule has 150 valence electrons. The number of hydrogen-bond acceptors (Lipinski definition) is 6. The molecule has 0 bridgehead atoms. The maximum Gasteiger partial charge on any atom is 0.341 e. The fraction of sp³-hybridized carbons (Fsp3) is 0.0909. The summed E-state index contributed by atoms with van der Waals surface area (Å²) in [7, 11) is 2.37. The zero-order valence-corrected chi connectivity index (χ0v) is 16.8. The van der Waals surface area contributed by atoms with E-state index in [4.69, 9.17) is 21.1 Å². The van der Waals surface area contributed by atoms with Crippen LogP contribution in [0.2, 0.25) is 5.02 Å². The number of methoxy groups -OCH3 is 2. The first-order chi connectivity index (χ1) is 14.5. The summed E-state index contributed by atoms with van der Waals surface area (Å²) >= 11 is 5.93. The van der Waals surface area contributed by atoms with Gasteiger partial charge in [-0.05, 0) is 24.3 Å². The molecule has 2 aromatic carbocycles. The van der Waals surface area contributed by atoms with Crippen molar-refractivity contribution in [2.75, 3.05) is 14.2 Å². The number of carbonyl (C=O) groups is 3. The number of fused-ring (bicyclic) bond motifs is 3. The molecule has 2 aromatic heterocycles. The van der Waals surface area contributed by atoms with Crippen LogP contribution in [-0.2, 0) is 9.47 Å². The van der Waals surface area contributed by atoms with Crippen molar-refractivity contribution in [1.82, 2.24) is 9.61 Å². The predicted molar refractivity (Wildman–Crippen MR) is 110 cm³/mol. The number of ether oxygens (including phenoxy) is 2. The molecule has 0 unspecified atom stereocenters. The van der Waals surface area contributed by atoms with Gasteiger partial charge in [-0.15, -0.1) is 0 Å². The third-order valence-corrected chi connectivity index (χ3v) is 5.03. The van der Waals surface area contributed by atoms with Gasteiger partial charge in [-0.2, -0.15) is 5.10 Å². The summed E-state index contributed by atoms with van der Waals surface area (Å²) in [5, 5.41) is 6.16. The van der Waals surface area contributed by atoms with Crippen molar-refractivity contribution in [2.45, 2.75) is 0 Å². The van der Waals surface area contributed by atoms with Gasteiger partial charge in [0, 0.05) is 21.4 Å². The number of aromatic nitrogens is 2. The molecule has 4 rings (SSSR count). The first-order valence-corrected chi connectivity index (χ1v) is 9.25. The van der Waals surface area contributed by atoms with E-state index in [1.165, 1.54) is 30.9 Å². The monoisotopic (exact) mass is 422 g/mol. The summed E-state index contributed by atoms with van der Waals surface area (Å²) in [6, 6.07) is 13.4. The smallest absolute Gasteiger partial charge is 0.341 e. The number of carbonyl (C=O) groups excluding carboxylic acids is 3. The predicted octanol–water partition coefficient (Wildman–Crippen LogP) is 3.95. The molecule has 4 aromatic rings. The number of nitrogens with zero attached hydrogens (tertiary/aromatic N) is 2. The third-order valence-electron chi connectivity index (χ3n) is 4.78. The number of hydrogen-bond donors (Lipinski definition) is 0. The Labute approximate surface area is 175 Å². The van der Waals surface area contributed by atoms with Gasteiger partial charge in [-0.3, -0.25) is 4.79 Å². The molecule has 7 nitrogen and oxygen atoms in total. The van der Waals surface area contributed by atoms with Crippen molar-refractivity contribution < 1.29 is 23.9 Å². The van der Waals surface area contributed by atoms with Crippen LogP contribution in [0.4, 0.5) is 0 Å². The molecule has 0 N–H and O–H groups in total. The van der Waals surface area contributed by atoms with E-state index in [0.717, 1.165) is 5.39 Å². The quantitative estimate of drug-likeness (QED) is 0.365. The van der Waals surface area contributed by atoms with Crippen LogP contribution in [0.15, 0.2) is 54.7 Å². The Bertz CT molecular complexity index is 1330. The second-order valence-electron chi connectivity index (χ2n) is 6.41. The van der Waals surface area contributed by atoms with E-state index in [-0.39, 0.29) is 27.9 Å². The maximum absolute atomic E-state index is 13.4. The summed E-state index contributed by atoms with van der Waals surface area (Å²) in [6.07, 6.45) is 1.56. The highest BCUT2D eigenvalue weighted by molar-refractivity contribution is 6.30. The highest BCUT2D eigenvalue weighted by atomic mass is 35.5. The van der Waals surface area contributed by atoms with Gasteiger partial charge >= 0.3 is 11.9 Å². The van der Waals surface area contributed by atoms with Crippen LogP contribution in [0, 0.1) is 0 Å². The minimum absolute atomic E-state index is 0.0778. The average Bonchev–Trinajstić information content (AvgIpc) is 3.13. The van der Waals surface area contributed by atoms with Gasteiger partial charge in [0.05, 0.1) is 25.9 Å². The van der Waals surface area contributed by atoms with Crippen LogP contribution in [0.25, 0.3) is 16.3 Å². The molecular formula is C22H15ClN2O5. The van der Waals surface area contributed by atoms with Gasteiger partial charge in [0.2, 0.25) is 5.78 Å². The lowest BCUT2D eigenvalue weighted by molar-refractivity contribution is 0.0556. The number of ketones is 1. The highest BCUT2D eigenvalue weighted by Crippen LogP contribution is 2.32. The normalized spacial score (nSPS) is 10.9. The second-order valence-corrected chi connectivity index (χ2v) is 6.85. The van der Waals surface area contributed by atoms with E-state index in [0.29, 0.717) is 10.4 Å². The molecule has 0 radical (unpaired) electrons. The van der Waals surface area contributed by atoms with E-state index in [1.807, 2.05) is 12.1 Å². The summed E-state index contributed by atoms with van der Waals surface area (Å²) in [4.78, 5) is 38.9. The van der Waals surface area contributed by atoms with Gasteiger partial charge in [0.25, 0.3) is 0 Å². The molecule has 0 spiro atoms. The fourth-order valence-corrected chi connectivity index (χ4v) is 3.55. The fourth-order valence-electron chi connectivity index (χ4n) is 3.42. The van der Waals surface area contributed by atoms with E-state index < -0.39 is 17.7 Å². The lowest BCUT2D eigenvalue weighted by atomic mass is 10.0. The molecule has 8 heteroatoms. The summed E-state index contributed by atoms with van der Waals surface area (Å²) in [5.74, 6) is -2.14. The molecule has 0 aliphatic carbocycles. The lowest BCUT2D eigenvalue weighted by Crippen LogP contribution is -2.15. The number of benzene rings is 2. The Balaban J connectivity index is 2.17. The second kappa shape index (κ2) is 7.61. The van der Waals surface area contributed by atoms with E-state index in [2.05, 4.69) is 5.10 Å². The Morgan fingerprint density at radius 2 is 1.53 bits per heavy atom. The largest absolute Gasteiger partial charge is 0.465 e. The van der Waals surface area contributed by atoms with Crippen molar-refractivity contribution >= 4 is 45.6 Å². The molecule has 0 aliphatic heterocycles. The van der Waals surface area contributed by atoms with Gasteiger partial charge in [0.15, 0.2) is 0 Å². The van der Waals surface area contributed by atoms with Gasteiger partial charge in [-0.25, -0.2) is 14.1 Å². The van der Waals surface area contributed by atoms with Crippen molar-refractivity contribution in [3.8, 4) is 0 Å². The molecule has 0 amide bonds. The van der Waals surface area contributed by atoms with Crippen LogP contribution < -0.4 is 0 Å². The molecule has 0 saturated heterocycles. The molecule has 30 heavy (non-hydrogen) atoms. The molecule has 0 saturated carbocycles. The summed E-state index contributed by atoms with van der Waals surface area (Å²) < 4.78 is 11.1. The zero-order chi connectivity index (χ0) is 21.4. The first kappa shape index (κ1) is 19.6. The topological polar surface area (TPSA) is 87.0 Å². The van der Waals surface area contributed by atoms with Crippen molar-refractivity contribution in [1.29, 1.82) is 0 Å². The molecule has 0 fully saturated rings. The van der Waals surface area contributed by atoms with E-state index >= 15 is 0 Å². The third kappa shape index (κ3) is 3.00. The lowest BCUT2D eigenvalue weighted by Gasteiger charge is -2.06. The molecule has 2 heterocycles. The SMILES string of the molecule is COC(=O)c1c(C(=O)OC)c2c3ccccc3cnn2c1C(=O)c1ccc(Cl)cc1. The first-order valence-electron chi connectivity index (χ1n) is 8.87. The molecule has 0 aliphatic rings. The van der Waals surface area contributed by atoms with Gasteiger partial charge < -0.3 is 9.47 Å². The number of halogens is 1. The van der Waals surface area contributed by atoms with E-state index in [1.54, 1.807) is 30.5 Å². The van der Waals surface area contributed by atoms with Crippen LogP contribution in [0.1, 0.15) is 36.8 Å². The number of rotatable bonds is 4. The summed E-state index contributed by atoms with van der Waals surface area (Å²) in [6.45, 7) is 0. The standard InChI is InChI=1S/C22H15ClN2O5/c1-29-21(27)16-17(22(28)30-2)19(20(26)12-7-9-14(23)10-8-12)25-18(16)15-6-4-3-5-13(15)11-24-25/h3-11H,1-2H3. The Hall–Kier alpha value is -3.71. The Kier molecular flexibility index (Phi) is 4.97. The Morgan fingerprint density at radius 1 is 0.900 bits per heavy atom. The minimum atomic E-state index is -0.845. The minimum Gasteiger partial charge on any atom is -0.465 e. The summed E-state index contributed by atoms with van der Waals surface area (Å²) in [5.41, 5.74) is 0.192. The van der Waals surface area contributed by atoms with Crippen LogP contribution in [-0.4, -0.2) is 41.6 Å². The van der Waals surface area contributed by atoms with Crippen LogP contribution >= 0.6 is 11.6 Å². The molecular weight excluding hydrogens is 408 g/mol. The van der Waals surface area contributed by atoms with Gasteiger partial charge in [0.1, 0.15) is 16.8 Å². The van der Waals surface area contributed by atoms with Crippen LogP contribution in [0.5, 0.6) is 0 Å². The maximum atomic E-state index is 13.4. The average molecular weight is 423 g/mol. The van der Waals surface area contributed by atoms with Gasteiger partial charge in [-0.1, -0.05) is 35.9 Å². The highest BCUT2D eigenvalue weighted by Gasteiger charge is 2.34. The zero-order valence-electron chi connectivity index (χ0n) is 16.0.